The molecule has 0 atom stereocenters. The molecule has 6 nitrogen and oxygen atoms in total. The van der Waals surface area contributed by atoms with Crippen LogP contribution in [-0.2, 0) is 4.79 Å². The lowest BCUT2D eigenvalue weighted by Gasteiger charge is -2.31. The zero-order chi connectivity index (χ0) is 15.4. The Hall–Kier alpha value is -2.50. The average Bonchev–Trinajstić information content (AvgIpc) is 2.56. The first-order valence-electron chi connectivity index (χ1n) is 7.47. The molecule has 0 unspecified atom stereocenters. The van der Waals surface area contributed by atoms with Crippen molar-refractivity contribution in [3.05, 3.63) is 42.5 Å². The van der Waals surface area contributed by atoms with E-state index in [4.69, 9.17) is 0 Å². The van der Waals surface area contributed by atoms with Gasteiger partial charge in [0.2, 0.25) is 5.91 Å². The van der Waals surface area contributed by atoms with Crippen molar-refractivity contribution in [3.8, 4) is 0 Å². The number of nitrogens with zero attached hydrogens (tertiary/aromatic N) is 4. The summed E-state index contributed by atoms with van der Waals surface area (Å²) >= 11 is 0. The summed E-state index contributed by atoms with van der Waals surface area (Å²) in [5.74, 6) is 2.09. The maximum atomic E-state index is 11.4. The Balaban J connectivity index is 1.68. The molecule has 0 bridgehead atoms. The lowest BCUT2D eigenvalue weighted by atomic mass is 9.90. The van der Waals surface area contributed by atoms with E-state index in [9.17, 15) is 4.79 Å². The number of anilines is 2. The summed E-state index contributed by atoms with van der Waals surface area (Å²) in [6.45, 7) is 3.29. The Bertz CT molecular complexity index is 638. The molecule has 6 heteroatoms. The van der Waals surface area contributed by atoms with Crippen molar-refractivity contribution in [2.24, 2.45) is 0 Å². The van der Waals surface area contributed by atoms with Crippen LogP contribution >= 0.6 is 0 Å². The van der Waals surface area contributed by atoms with Crippen molar-refractivity contribution in [2.75, 3.05) is 18.4 Å². The zero-order valence-electron chi connectivity index (χ0n) is 12.6. The fourth-order valence-electron chi connectivity index (χ4n) is 2.79. The third-order valence-electron chi connectivity index (χ3n) is 4.01. The molecule has 2 aromatic heterocycles. The molecule has 1 aliphatic rings. The van der Waals surface area contributed by atoms with Gasteiger partial charge in [0.25, 0.3) is 0 Å². The van der Waals surface area contributed by atoms with Gasteiger partial charge in [0, 0.05) is 38.6 Å². The summed E-state index contributed by atoms with van der Waals surface area (Å²) < 4.78 is 0. The third-order valence-corrected chi connectivity index (χ3v) is 4.01. The number of carbonyl (C=O) groups excluding carboxylic acids is 1. The second kappa shape index (κ2) is 6.51. The summed E-state index contributed by atoms with van der Waals surface area (Å²) in [7, 11) is 0. The van der Waals surface area contributed by atoms with Gasteiger partial charge in [0.1, 0.15) is 11.6 Å². The largest absolute Gasteiger partial charge is 0.343 e. The molecule has 1 amide bonds. The average molecular weight is 297 g/mol. The highest BCUT2D eigenvalue weighted by Gasteiger charge is 2.22. The van der Waals surface area contributed by atoms with E-state index in [0.29, 0.717) is 11.7 Å². The maximum absolute atomic E-state index is 11.4. The summed E-state index contributed by atoms with van der Waals surface area (Å²) in [4.78, 5) is 25.9. The van der Waals surface area contributed by atoms with Gasteiger partial charge in [-0.05, 0) is 36.5 Å². The van der Waals surface area contributed by atoms with Gasteiger partial charge >= 0.3 is 0 Å². The predicted octanol–water partition coefficient (Wildman–Crippen LogP) is 2.34. The van der Waals surface area contributed by atoms with E-state index in [1.807, 2.05) is 11.1 Å². The first kappa shape index (κ1) is 14.4. The molecule has 3 heterocycles. The minimum absolute atomic E-state index is 0.165. The number of amides is 1. The van der Waals surface area contributed by atoms with Gasteiger partial charge < -0.3 is 10.2 Å². The molecule has 0 saturated carbocycles. The monoisotopic (exact) mass is 297 g/mol. The van der Waals surface area contributed by atoms with Crippen LogP contribution in [-0.4, -0.2) is 38.8 Å². The number of pyridine rings is 1. The highest BCUT2D eigenvalue weighted by molar-refractivity contribution is 5.73. The second-order valence-corrected chi connectivity index (χ2v) is 5.47. The zero-order valence-corrected chi connectivity index (χ0v) is 12.6. The van der Waals surface area contributed by atoms with E-state index in [1.54, 1.807) is 25.5 Å². The summed E-state index contributed by atoms with van der Waals surface area (Å²) in [5, 5.41) is 3.16. The Kier molecular flexibility index (Phi) is 4.27. The molecule has 1 fully saturated rings. The highest BCUT2D eigenvalue weighted by Crippen LogP contribution is 2.29. The predicted molar refractivity (Wildman–Crippen MR) is 83.8 cm³/mol. The maximum Gasteiger partial charge on any atom is 0.219 e. The molecule has 3 rings (SSSR count). The highest BCUT2D eigenvalue weighted by atomic mass is 16.2. The van der Waals surface area contributed by atoms with Gasteiger partial charge in [0.15, 0.2) is 0 Å². The fourth-order valence-corrected chi connectivity index (χ4v) is 2.79. The SMILES string of the molecule is CC(=O)N1CCC(c2ccnc(Nc3cnccn3)c2)CC1. The second-order valence-electron chi connectivity index (χ2n) is 5.47. The van der Waals surface area contributed by atoms with Crippen LogP contribution in [0.25, 0.3) is 0 Å². The number of piperidine rings is 1. The standard InChI is InChI=1S/C16H19N5O/c1-12(22)21-8-3-13(4-9-21)14-2-5-18-15(10-14)20-16-11-17-6-7-19-16/h2,5-7,10-11,13H,3-4,8-9H2,1H3,(H,18,19,20). The van der Waals surface area contributed by atoms with E-state index in [1.165, 1.54) is 5.56 Å². The van der Waals surface area contributed by atoms with Crippen molar-refractivity contribution >= 4 is 17.5 Å². The van der Waals surface area contributed by atoms with Crippen molar-refractivity contribution in [3.63, 3.8) is 0 Å². The van der Waals surface area contributed by atoms with Crippen LogP contribution in [0.15, 0.2) is 36.9 Å². The van der Waals surface area contributed by atoms with Gasteiger partial charge in [0.05, 0.1) is 6.20 Å². The lowest BCUT2D eigenvalue weighted by Crippen LogP contribution is -2.36. The number of aromatic nitrogens is 3. The molecule has 1 aliphatic heterocycles. The Morgan fingerprint density at radius 3 is 2.64 bits per heavy atom. The molecule has 0 radical (unpaired) electrons. The smallest absolute Gasteiger partial charge is 0.219 e. The Morgan fingerprint density at radius 2 is 1.95 bits per heavy atom. The minimum Gasteiger partial charge on any atom is -0.343 e. The van der Waals surface area contributed by atoms with Crippen LogP contribution in [0.2, 0.25) is 0 Å². The van der Waals surface area contributed by atoms with E-state index < -0.39 is 0 Å². The lowest BCUT2D eigenvalue weighted by molar-refractivity contribution is -0.129. The van der Waals surface area contributed by atoms with Gasteiger partial charge in [-0.2, -0.15) is 0 Å². The van der Waals surface area contributed by atoms with Gasteiger partial charge in [-0.3, -0.25) is 9.78 Å². The molecule has 2 aromatic rings. The molecule has 0 spiro atoms. The molecule has 1 saturated heterocycles. The summed E-state index contributed by atoms with van der Waals surface area (Å²) in [6.07, 6.45) is 8.74. The molecule has 0 aromatic carbocycles. The van der Waals surface area contributed by atoms with Crippen molar-refractivity contribution < 1.29 is 4.79 Å². The summed E-state index contributed by atoms with van der Waals surface area (Å²) in [6, 6.07) is 4.11. The van der Waals surface area contributed by atoms with Crippen LogP contribution in [0.1, 0.15) is 31.2 Å². The van der Waals surface area contributed by atoms with Crippen LogP contribution < -0.4 is 5.32 Å². The third kappa shape index (κ3) is 3.39. The number of likely N-dealkylation sites (tertiary alicyclic amines) is 1. The normalized spacial score (nSPS) is 15.6. The topological polar surface area (TPSA) is 71.0 Å². The van der Waals surface area contributed by atoms with Crippen LogP contribution in [0, 0.1) is 0 Å². The molecule has 1 N–H and O–H groups in total. The fraction of sp³-hybridized carbons (Fsp3) is 0.375. The van der Waals surface area contributed by atoms with Gasteiger partial charge in [-0.25, -0.2) is 9.97 Å². The Morgan fingerprint density at radius 1 is 1.18 bits per heavy atom. The van der Waals surface area contributed by atoms with Crippen LogP contribution in [0.3, 0.4) is 0 Å². The molecule has 0 aliphatic carbocycles. The van der Waals surface area contributed by atoms with E-state index in [-0.39, 0.29) is 5.91 Å². The first-order valence-corrected chi connectivity index (χ1v) is 7.47. The molecule has 22 heavy (non-hydrogen) atoms. The number of carbonyl (C=O) groups is 1. The number of rotatable bonds is 3. The number of hydrogen-bond acceptors (Lipinski definition) is 5. The van der Waals surface area contributed by atoms with Crippen molar-refractivity contribution in [1.29, 1.82) is 0 Å². The molecular weight excluding hydrogens is 278 g/mol. The van der Waals surface area contributed by atoms with Crippen molar-refractivity contribution in [2.45, 2.75) is 25.7 Å². The summed E-state index contributed by atoms with van der Waals surface area (Å²) in [5.41, 5.74) is 1.25. The number of hydrogen-bond donors (Lipinski definition) is 1. The van der Waals surface area contributed by atoms with Crippen LogP contribution in [0.4, 0.5) is 11.6 Å². The Labute approximate surface area is 129 Å². The first-order chi connectivity index (χ1) is 10.7. The van der Waals surface area contributed by atoms with Gasteiger partial charge in [-0.15, -0.1) is 0 Å². The van der Waals surface area contributed by atoms with Crippen molar-refractivity contribution in [1.82, 2.24) is 19.9 Å². The van der Waals surface area contributed by atoms with Gasteiger partial charge in [-0.1, -0.05) is 0 Å². The number of nitrogens with one attached hydrogen (secondary N) is 1. The quantitative estimate of drug-likeness (QED) is 0.941. The van der Waals surface area contributed by atoms with E-state index in [2.05, 4.69) is 32.4 Å². The van der Waals surface area contributed by atoms with Crippen LogP contribution in [0.5, 0.6) is 0 Å². The van der Waals surface area contributed by atoms with E-state index >= 15 is 0 Å². The molecule has 114 valence electrons. The van der Waals surface area contributed by atoms with E-state index in [0.717, 1.165) is 31.7 Å². The molecular formula is C16H19N5O. The minimum atomic E-state index is 0.165.